The second-order valence-electron chi connectivity index (χ2n) is 6.69. The molecule has 1 aromatic heterocycles. The van der Waals surface area contributed by atoms with E-state index in [1.54, 1.807) is 61.7 Å². The number of benzene rings is 2. The Labute approximate surface area is 179 Å². The van der Waals surface area contributed by atoms with E-state index in [1.807, 2.05) is 13.0 Å². The third-order valence-electron chi connectivity index (χ3n) is 4.24. The van der Waals surface area contributed by atoms with Crippen LogP contribution >= 0.6 is 0 Å². The Morgan fingerprint density at radius 1 is 0.935 bits per heavy atom. The van der Waals surface area contributed by atoms with Crippen LogP contribution in [-0.2, 0) is 25.5 Å². The number of rotatable bonds is 6. The lowest BCUT2D eigenvalue weighted by Crippen LogP contribution is -2.29. The Bertz CT molecular complexity index is 1100. The molecule has 0 saturated carbocycles. The number of anilines is 2. The van der Waals surface area contributed by atoms with Crippen molar-refractivity contribution in [1.29, 1.82) is 0 Å². The summed E-state index contributed by atoms with van der Waals surface area (Å²) in [6, 6.07) is 15.4. The molecule has 0 aliphatic heterocycles. The average molecular weight is 418 g/mol. The minimum Gasteiger partial charge on any atom is -0.466 e. The fraction of sp³-hybridized carbons (Fsp3) is 0.174. The fourth-order valence-corrected chi connectivity index (χ4v) is 2.80. The van der Waals surface area contributed by atoms with Gasteiger partial charge in [0.25, 0.3) is 0 Å². The van der Waals surface area contributed by atoms with E-state index < -0.39 is 11.8 Å². The number of aromatic nitrogens is 2. The van der Waals surface area contributed by atoms with Gasteiger partial charge >= 0.3 is 17.8 Å². The quantitative estimate of drug-likeness (QED) is 0.470. The number of esters is 1. The molecule has 2 amide bonds. The van der Waals surface area contributed by atoms with E-state index in [4.69, 9.17) is 4.74 Å². The maximum atomic E-state index is 12.2. The Hall–Kier alpha value is -4.07. The largest absolute Gasteiger partial charge is 0.466 e. The molecule has 0 unspecified atom stereocenters. The van der Waals surface area contributed by atoms with Gasteiger partial charge in [0.15, 0.2) is 5.82 Å². The summed E-state index contributed by atoms with van der Waals surface area (Å²) >= 11 is 0. The minimum absolute atomic E-state index is 0.0841. The van der Waals surface area contributed by atoms with E-state index in [2.05, 4.69) is 20.6 Å². The highest BCUT2D eigenvalue weighted by atomic mass is 16.5. The van der Waals surface area contributed by atoms with Gasteiger partial charge in [-0.15, -0.1) is 0 Å². The molecule has 0 aliphatic rings. The molecular weight excluding hydrogens is 396 g/mol. The molecule has 0 aliphatic carbocycles. The summed E-state index contributed by atoms with van der Waals surface area (Å²) in [5, 5.41) is 5.08. The number of carbonyl (C=O) groups is 3. The van der Waals surface area contributed by atoms with E-state index in [-0.39, 0.29) is 12.4 Å². The van der Waals surface area contributed by atoms with Crippen LogP contribution in [0.5, 0.6) is 0 Å². The summed E-state index contributed by atoms with van der Waals surface area (Å²) in [7, 11) is 0. The number of ether oxygens (including phenoxy) is 1. The summed E-state index contributed by atoms with van der Waals surface area (Å²) in [5.74, 6) is -1.41. The Morgan fingerprint density at radius 2 is 1.65 bits per heavy atom. The Balaban J connectivity index is 1.59. The van der Waals surface area contributed by atoms with E-state index in [1.165, 1.54) is 0 Å². The van der Waals surface area contributed by atoms with Crippen molar-refractivity contribution in [2.45, 2.75) is 20.3 Å². The van der Waals surface area contributed by atoms with Crippen molar-refractivity contribution < 1.29 is 19.1 Å². The molecule has 0 radical (unpaired) electrons. The van der Waals surface area contributed by atoms with Crippen LogP contribution < -0.4 is 10.6 Å². The molecule has 0 saturated heterocycles. The second-order valence-corrected chi connectivity index (χ2v) is 6.69. The lowest BCUT2D eigenvalue weighted by Gasteiger charge is -2.09. The molecule has 0 atom stereocenters. The van der Waals surface area contributed by atoms with Gasteiger partial charge in [-0.2, -0.15) is 0 Å². The van der Waals surface area contributed by atoms with Crippen molar-refractivity contribution in [1.82, 2.24) is 9.97 Å². The number of hydrogen-bond acceptors (Lipinski definition) is 6. The van der Waals surface area contributed by atoms with Gasteiger partial charge in [-0.25, -0.2) is 9.97 Å². The topological polar surface area (TPSA) is 110 Å². The molecule has 0 spiro atoms. The molecule has 8 heteroatoms. The third-order valence-corrected chi connectivity index (χ3v) is 4.24. The highest BCUT2D eigenvalue weighted by Crippen LogP contribution is 2.18. The average Bonchev–Trinajstić information content (AvgIpc) is 2.74. The van der Waals surface area contributed by atoms with Gasteiger partial charge in [-0.1, -0.05) is 12.1 Å². The maximum absolute atomic E-state index is 12.2. The molecule has 31 heavy (non-hydrogen) atoms. The first-order valence-electron chi connectivity index (χ1n) is 9.71. The molecule has 3 rings (SSSR count). The maximum Gasteiger partial charge on any atom is 0.314 e. The number of amides is 2. The van der Waals surface area contributed by atoms with E-state index in [9.17, 15) is 14.4 Å². The number of carbonyl (C=O) groups excluding carboxylic acids is 3. The van der Waals surface area contributed by atoms with Gasteiger partial charge in [0.1, 0.15) is 0 Å². The van der Waals surface area contributed by atoms with Crippen molar-refractivity contribution in [3.63, 3.8) is 0 Å². The minimum atomic E-state index is -0.820. The summed E-state index contributed by atoms with van der Waals surface area (Å²) in [4.78, 5) is 44.7. The summed E-state index contributed by atoms with van der Waals surface area (Å²) < 4.78 is 4.92. The van der Waals surface area contributed by atoms with Crippen molar-refractivity contribution in [3.8, 4) is 11.4 Å². The van der Waals surface area contributed by atoms with Gasteiger partial charge < -0.3 is 15.4 Å². The molecular formula is C23H22N4O4. The first-order chi connectivity index (χ1) is 14.9. The van der Waals surface area contributed by atoms with Gasteiger partial charge in [0, 0.05) is 28.8 Å². The molecule has 8 nitrogen and oxygen atoms in total. The van der Waals surface area contributed by atoms with E-state index in [0.717, 1.165) is 11.3 Å². The molecule has 1 heterocycles. The monoisotopic (exact) mass is 418 g/mol. The highest BCUT2D eigenvalue weighted by Gasteiger charge is 2.15. The summed E-state index contributed by atoms with van der Waals surface area (Å²) in [6.07, 6.45) is 1.76. The smallest absolute Gasteiger partial charge is 0.314 e. The number of nitrogens with zero attached hydrogens (tertiary/aromatic N) is 2. The zero-order valence-electron chi connectivity index (χ0n) is 17.2. The van der Waals surface area contributed by atoms with Crippen LogP contribution in [0.4, 0.5) is 11.4 Å². The third kappa shape index (κ3) is 6.20. The first kappa shape index (κ1) is 21.6. The van der Waals surface area contributed by atoms with Crippen LogP contribution in [0.2, 0.25) is 0 Å². The van der Waals surface area contributed by atoms with Crippen molar-refractivity contribution in [3.05, 3.63) is 72.1 Å². The van der Waals surface area contributed by atoms with Crippen LogP contribution in [0.3, 0.4) is 0 Å². The van der Waals surface area contributed by atoms with Gasteiger partial charge in [-0.05, 0) is 61.9 Å². The van der Waals surface area contributed by atoms with Gasteiger partial charge in [-0.3, -0.25) is 14.4 Å². The molecule has 3 aromatic rings. The molecule has 2 aromatic carbocycles. The predicted molar refractivity (Wildman–Crippen MR) is 116 cm³/mol. The second kappa shape index (κ2) is 10.1. The molecule has 0 bridgehead atoms. The number of nitrogens with one attached hydrogen (secondary N) is 2. The standard InChI is InChI=1S/C23H22N4O4/c1-3-31-20(28)14-16-5-4-6-19(13-16)27-23(30)22(29)26-18-9-7-17(8-10-18)21-24-12-11-15(2)25-21/h4-13H,3,14H2,1-2H3,(H,26,29)(H,27,30). The normalized spacial score (nSPS) is 10.3. The van der Waals surface area contributed by atoms with E-state index >= 15 is 0 Å². The van der Waals surface area contributed by atoms with Gasteiger partial charge in [0.2, 0.25) is 0 Å². The molecule has 158 valence electrons. The highest BCUT2D eigenvalue weighted by molar-refractivity contribution is 6.43. The zero-order chi connectivity index (χ0) is 22.2. The summed E-state index contributed by atoms with van der Waals surface area (Å²) in [5.41, 5.74) is 3.20. The van der Waals surface area contributed by atoms with Crippen LogP contribution in [-0.4, -0.2) is 34.4 Å². The first-order valence-corrected chi connectivity index (χ1v) is 9.71. The predicted octanol–water partition coefficient (Wildman–Crippen LogP) is 3.13. The lowest BCUT2D eigenvalue weighted by atomic mass is 10.1. The van der Waals surface area contributed by atoms with Crippen molar-refractivity contribution >= 4 is 29.2 Å². The van der Waals surface area contributed by atoms with Crippen molar-refractivity contribution in [2.75, 3.05) is 17.2 Å². The van der Waals surface area contributed by atoms with Crippen LogP contribution in [0, 0.1) is 6.92 Å². The van der Waals surface area contributed by atoms with Crippen molar-refractivity contribution in [2.24, 2.45) is 0 Å². The van der Waals surface area contributed by atoms with Gasteiger partial charge in [0.05, 0.1) is 13.0 Å². The lowest BCUT2D eigenvalue weighted by molar-refractivity contribution is -0.142. The number of hydrogen-bond donors (Lipinski definition) is 2. The summed E-state index contributed by atoms with van der Waals surface area (Å²) in [6.45, 7) is 3.91. The van der Waals surface area contributed by atoms with Crippen LogP contribution in [0.1, 0.15) is 18.2 Å². The fourth-order valence-electron chi connectivity index (χ4n) is 2.80. The Kier molecular flexibility index (Phi) is 7.05. The zero-order valence-corrected chi connectivity index (χ0v) is 17.2. The SMILES string of the molecule is CCOC(=O)Cc1cccc(NC(=O)C(=O)Nc2ccc(-c3nccc(C)n3)cc2)c1. The Morgan fingerprint density at radius 3 is 2.32 bits per heavy atom. The molecule has 0 fully saturated rings. The van der Waals surface area contributed by atoms with Crippen LogP contribution in [0.15, 0.2) is 60.8 Å². The van der Waals surface area contributed by atoms with Crippen LogP contribution in [0.25, 0.3) is 11.4 Å². The molecule has 2 N–H and O–H groups in total. The van der Waals surface area contributed by atoms with E-state index in [0.29, 0.717) is 29.4 Å². The number of aryl methyl sites for hydroxylation is 1.